The number of nitrogens with zero attached hydrogens (tertiary/aromatic N) is 1. The Labute approximate surface area is 87.7 Å². The molecule has 0 spiro atoms. The fraction of sp³-hybridized carbons (Fsp3) is 0.917. The number of Topliss-reactive ketones (excluding diaryl/α,β-unsaturated/α-hetero) is 1. The number of piperidine rings is 1. The van der Waals surface area contributed by atoms with E-state index in [2.05, 4.69) is 18.7 Å². The Balaban J connectivity index is 2.26. The van der Waals surface area contributed by atoms with Gasteiger partial charge >= 0.3 is 0 Å². The topological polar surface area (TPSA) is 20.3 Å². The van der Waals surface area contributed by atoms with Gasteiger partial charge in [-0.1, -0.05) is 20.3 Å². The van der Waals surface area contributed by atoms with Crippen molar-refractivity contribution >= 4 is 5.78 Å². The van der Waals surface area contributed by atoms with Crippen LogP contribution in [0, 0.1) is 5.92 Å². The number of rotatable bonds is 5. The quantitative estimate of drug-likeness (QED) is 0.675. The molecule has 14 heavy (non-hydrogen) atoms. The molecule has 1 atom stereocenters. The zero-order valence-corrected chi connectivity index (χ0v) is 9.59. The van der Waals surface area contributed by atoms with E-state index in [4.69, 9.17) is 0 Å². The highest BCUT2D eigenvalue weighted by Crippen LogP contribution is 2.18. The minimum absolute atomic E-state index is 0.421. The zero-order chi connectivity index (χ0) is 10.4. The van der Waals surface area contributed by atoms with Crippen molar-refractivity contribution in [2.24, 2.45) is 5.92 Å². The molecule has 0 aromatic heterocycles. The lowest BCUT2D eigenvalue weighted by molar-refractivity contribution is -0.120. The highest BCUT2D eigenvalue weighted by Gasteiger charge is 2.19. The van der Waals surface area contributed by atoms with Gasteiger partial charge in [-0.2, -0.15) is 0 Å². The van der Waals surface area contributed by atoms with Crippen molar-refractivity contribution in [3.8, 4) is 0 Å². The van der Waals surface area contributed by atoms with E-state index >= 15 is 0 Å². The Morgan fingerprint density at radius 2 is 2.21 bits per heavy atom. The molecular weight excluding hydrogens is 174 g/mol. The van der Waals surface area contributed by atoms with E-state index in [0.717, 1.165) is 31.8 Å². The normalized spacial score (nSPS) is 23.7. The summed E-state index contributed by atoms with van der Waals surface area (Å²) in [6.07, 6.45) is 5.64. The largest absolute Gasteiger partial charge is 0.298 e. The molecule has 1 unspecified atom stereocenters. The fourth-order valence-electron chi connectivity index (χ4n) is 2.24. The van der Waals surface area contributed by atoms with E-state index in [1.807, 2.05) is 0 Å². The van der Waals surface area contributed by atoms with Crippen molar-refractivity contribution in [3.05, 3.63) is 0 Å². The molecule has 2 nitrogen and oxygen atoms in total. The Morgan fingerprint density at radius 3 is 2.86 bits per heavy atom. The van der Waals surface area contributed by atoms with Crippen LogP contribution in [0.3, 0.4) is 0 Å². The molecular formula is C12H23NO. The molecule has 1 aliphatic rings. The van der Waals surface area contributed by atoms with Gasteiger partial charge in [-0.3, -0.25) is 9.69 Å². The monoisotopic (exact) mass is 197 g/mol. The number of carbonyl (C=O) groups is 1. The van der Waals surface area contributed by atoms with Gasteiger partial charge in [-0.25, -0.2) is 0 Å². The van der Waals surface area contributed by atoms with E-state index in [1.165, 1.54) is 19.3 Å². The maximum absolute atomic E-state index is 11.5. The maximum Gasteiger partial charge on any atom is 0.146 e. The first kappa shape index (κ1) is 11.7. The Morgan fingerprint density at radius 1 is 1.43 bits per heavy atom. The lowest BCUT2D eigenvalue weighted by atomic mass is 9.95. The summed E-state index contributed by atoms with van der Waals surface area (Å²) in [5.74, 6) is 1.25. The molecule has 1 heterocycles. The van der Waals surface area contributed by atoms with Gasteiger partial charge in [0.05, 0.1) is 6.54 Å². The molecule has 1 saturated heterocycles. The SMILES string of the molecule is CCCC(=O)CN1CCCC(CC)C1. The van der Waals surface area contributed by atoms with Crippen molar-refractivity contribution in [3.63, 3.8) is 0 Å². The summed E-state index contributed by atoms with van der Waals surface area (Å²) < 4.78 is 0. The molecule has 2 heteroatoms. The lowest BCUT2D eigenvalue weighted by Crippen LogP contribution is -2.38. The van der Waals surface area contributed by atoms with Gasteiger partial charge in [0.2, 0.25) is 0 Å². The molecule has 82 valence electrons. The smallest absolute Gasteiger partial charge is 0.146 e. The molecule has 0 amide bonds. The van der Waals surface area contributed by atoms with Gasteiger partial charge < -0.3 is 0 Å². The van der Waals surface area contributed by atoms with Gasteiger partial charge in [0.25, 0.3) is 0 Å². The van der Waals surface area contributed by atoms with Crippen LogP contribution in [0.2, 0.25) is 0 Å². The second-order valence-electron chi connectivity index (χ2n) is 4.44. The van der Waals surface area contributed by atoms with Crippen LogP contribution < -0.4 is 0 Å². The van der Waals surface area contributed by atoms with Crippen molar-refractivity contribution in [1.29, 1.82) is 0 Å². The molecule has 1 rings (SSSR count). The standard InChI is InChI=1S/C12H23NO/c1-3-6-12(14)10-13-8-5-7-11(4-2)9-13/h11H,3-10H2,1-2H3. The van der Waals surface area contributed by atoms with E-state index in [0.29, 0.717) is 12.3 Å². The average Bonchev–Trinajstić information content (AvgIpc) is 2.18. The molecule has 0 radical (unpaired) electrons. The highest BCUT2D eigenvalue weighted by molar-refractivity contribution is 5.80. The van der Waals surface area contributed by atoms with Gasteiger partial charge in [0, 0.05) is 13.0 Å². The Bertz CT molecular complexity index is 179. The predicted octanol–water partition coefficient (Wildman–Crippen LogP) is 2.48. The lowest BCUT2D eigenvalue weighted by Gasteiger charge is -2.31. The molecule has 1 fully saturated rings. The minimum Gasteiger partial charge on any atom is -0.298 e. The van der Waals surface area contributed by atoms with Crippen LogP contribution in [0.25, 0.3) is 0 Å². The number of carbonyl (C=O) groups excluding carboxylic acids is 1. The molecule has 1 aliphatic heterocycles. The summed E-state index contributed by atoms with van der Waals surface area (Å²) in [6.45, 7) is 7.30. The van der Waals surface area contributed by atoms with Crippen molar-refractivity contribution in [2.45, 2.75) is 46.0 Å². The third kappa shape index (κ3) is 3.79. The first-order valence-electron chi connectivity index (χ1n) is 6.00. The average molecular weight is 197 g/mol. The molecule has 0 aromatic carbocycles. The zero-order valence-electron chi connectivity index (χ0n) is 9.59. The number of hydrogen-bond donors (Lipinski definition) is 0. The van der Waals surface area contributed by atoms with E-state index in [-0.39, 0.29) is 0 Å². The van der Waals surface area contributed by atoms with E-state index in [9.17, 15) is 4.79 Å². The first-order valence-corrected chi connectivity index (χ1v) is 6.00. The third-order valence-corrected chi connectivity index (χ3v) is 3.11. The maximum atomic E-state index is 11.5. The minimum atomic E-state index is 0.421. The summed E-state index contributed by atoms with van der Waals surface area (Å²) in [7, 11) is 0. The van der Waals surface area contributed by atoms with Gasteiger partial charge in [0.1, 0.15) is 5.78 Å². The number of likely N-dealkylation sites (tertiary alicyclic amines) is 1. The Kier molecular flexibility index (Phi) is 5.16. The van der Waals surface area contributed by atoms with Crippen LogP contribution in [0.1, 0.15) is 46.0 Å². The van der Waals surface area contributed by atoms with Crippen LogP contribution in [0.15, 0.2) is 0 Å². The van der Waals surface area contributed by atoms with Crippen molar-refractivity contribution < 1.29 is 4.79 Å². The van der Waals surface area contributed by atoms with Crippen molar-refractivity contribution in [1.82, 2.24) is 4.90 Å². The highest BCUT2D eigenvalue weighted by atomic mass is 16.1. The first-order chi connectivity index (χ1) is 6.76. The fourth-order valence-corrected chi connectivity index (χ4v) is 2.24. The number of ketones is 1. The molecule has 0 N–H and O–H groups in total. The summed E-state index contributed by atoms with van der Waals surface area (Å²) in [5.41, 5.74) is 0. The van der Waals surface area contributed by atoms with Crippen LogP contribution in [0.5, 0.6) is 0 Å². The summed E-state index contributed by atoms with van der Waals surface area (Å²) >= 11 is 0. The molecule has 0 saturated carbocycles. The Hall–Kier alpha value is -0.370. The summed E-state index contributed by atoms with van der Waals surface area (Å²) in [5, 5.41) is 0. The summed E-state index contributed by atoms with van der Waals surface area (Å²) in [6, 6.07) is 0. The molecule has 0 aromatic rings. The van der Waals surface area contributed by atoms with E-state index in [1.54, 1.807) is 0 Å². The molecule has 0 bridgehead atoms. The molecule has 0 aliphatic carbocycles. The summed E-state index contributed by atoms with van der Waals surface area (Å²) in [4.78, 5) is 13.8. The van der Waals surface area contributed by atoms with Gasteiger partial charge in [-0.15, -0.1) is 0 Å². The van der Waals surface area contributed by atoms with Crippen LogP contribution >= 0.6 is 0 Å². The van der Waals surface area contributed by atoms with Gasteiger partial charge in [0.15, 0.2) is 0 Å². The van der Waals surface area contributed by atoms with Crippen LogP contribution in [-0.2, 0) is 4.79 Å². The second-order valence-corrected chi connectivity index (χ2v) is 4.44. The second kappa shape index (κ2) is 6.18. The van der Waals surface area contributed by atoms with Crippen LogP contribution in [0.4, 0.5) is 0 Å². The van der Waals surface area contributed by atoms with Crippen LogP contribution in [-0.4, -0.2) is 30.3 Å². The predicted molar refractivity (Wildman–Crippen MR) is 59.4 cm³/mol. The third-order valence-electron chi connectivity index (χ3n) is 3.11. The van der Waals surface area contributed by atoms with Crippen molar-refractivity contribution in [2.75, 3.05) is 19.6 Å². The number of hydrogen-bond acceptors (Lipinski definition) is 2. The van der Waals surface area contributed by atoms with E-state index < -0.39 is 0 Å². The van der Waals surface area contributed by atoms with Gasteiger partial charge in [-0.05, 0) is 31.7 Å².